The molecule has 128 valence electrons. The molecule has 1 aromatic rings. The fourth-order valence-corrected chi connectivity index (χ4v) is 3.17. The number of ether oxygens (including phenoxy) is 1. The van der Waals surface area contributed by atoms with Crippen LogP contribution in [0.1, 0.15) is 30.7 Å². The number of rotatable bonds is 4. The molecule has 5 nitrogen and oxygen atoms in total. The first-order valence-electron chi connectivity index (χ1n) is 8.89. The predicted octanol–water partition coefficient (Wildman–Crippen LogP) is 2.39. The number of hydrogen-bond donors (Lipinski definition) is 1. The van der Waals surface area contributed by atoms with Gasteiger partial charge in [0.15, 0.2) is 0 Å². The first-order chi connectivity index (χ1) is 11.7. The van der Waals surface area contributed by atoms with E-state index in [2.05, 4.69) is 5.32 Å². The molecule has 1 heterocycles. The Hall–Kier alpha value is -1.59. The SMILES string of the molecule is Cl.[2H]C([2H])([2H])CC(=O)N(c1ccccc1)C1(C(=O)OC)CCNC[C@H]1C. The molecule has 2 atom stereocenters. The van der Waals surface area contributed by atoms with Crippen molar-refractivity contribution in [3.63, 3.8) is 0 Å². The van der Waals surface area contributed by atoms with Crippen LogP contribution in [-0.4, -0.2) is 37.6 Å². The van der Waals surface area contributed by atoms with Gasteiger partial charge in [-0.3, -0.25) is 9.69 Å². The molecule has 1 aliphatic rings. The lowest BCUT2D eigenvalue weighted by Crippen LogP contribution is -2.66. The van der Waals surface area contributed by atoms with Crippen LogP contribution in [0.25, 0.3) is 0 Å². The smallest absolute Gasteiger partial charge is 0.332 e. The zero-order valence-corrected chi connectivity index (χ0v) is 14.2. The van der Waals surface area contributed by atoms with Gasteiger partial charge >= 0.3 is 5.97 Å². The largest absolute Gasteiger partial charge is 0.467 e. The Kier molecular flexibility index (Phi) is 5.41. The third-order valence-corrected chi connectivity index (χ3v) is 4.30. The lowest BCUT2D eigenvalue weighted by atomic mass is 9.77. The quantitative estimate of drug-likeness (QED) is 0.853. The number of carbonyl (C=O) groups is 2. The van der Waals surface area contributed by atoms with E-state index in [0.717, 1.165) is 0 Å². The monoisotopic (exact) mass is 343 g/mol. The summed E-state index contributed by atoms with van der Waals surface area (Å²) in [5, 5.41) is 3.20. The van der Waals surface area contributed by atoms with Crippen molar-refractivity contribution in [1.82, 2.24) is 5.32 Å². The first-order valence-corrected chi connectivity index (χ1v) is 7.39. The second kappa shape index (κ2) is 8.31. The highest BCUT2D eigenvalue weighted by atomic mass is 35.5. The van der Waals surface area contributed by atoms with Crippen LogP contribution in [0.15, 0.2) is 30.3 Å². The number of nitrogens with zero attached hydrogens (tertiary/aromatic N) is 1. The Labute approximate surface area is 148 Å². The first kappa shape index (κ1) is 15.0. The number of hydrogen-bond acceptors (Lipinski definition) is 4. The molecular weight excluding hydrogens is 316 g/mol. The van der Waals surface area contributed by atoms with Crippen molar-refractivity contribution in [3.8, 4) is 0 Å². The number of amides is 1. The highest BCUT2D eigenvalue weighted by molar-refractivity contribution is 6.02. The van der Waals surface area contributed by atoms with Crippen molar-refractivity contribution < 1.29 is 18.4 Å². The zero-order chi connectivity index (χ0) is 18.7. The summed E-state index contributed by atoms with van der Waals surface area (Å²) in [6.45, 7) is 0.502. The van der Waals surface area contributed by atoms with Crippen molar-refractivity contribution in [3.05, 3.63) is 30.3 Å². The maximum atomic E-state index is 13.0. The van der Waals surface area contributed by atoms with Gasteiger partial charge in [0.2, 0.25) is 5.91 Å². The number of anilines is 1. The average molecular weight is 344 g/mol. The van der Waals surface area contributed by atoms with Gasteiger partial charge in [-0.25, -0.2) is 4.79 Å². The summed E-state index contributed by atoms with van der Waals surface area (Å²) in [4.78, 5) is 27.1. The van der Waals surface area contributed by atoms with Crippen molar-refractivity contribution >= 4 is 30.0 Å². The molecule has 1 unspecified atom stereocenters. The van der Waals surface area contributed by atoms with Crippen molar-refractivity contribution in [2.45, 2.75) is 32.2 Å². The minimum atomic E-state index is -2.42. The highest BCUT2D eigenvalue weighted by Gasteiger charge is 2.52. The third-order valence-electron chi connectivity index (χ3n) is 4.30. The number of nitrogens with one attached hydrogen (secondary N) is 1. The van der Waals surface area contributed by atoms with Gasteiger partial charge < -0.3 is 10.1 Å². The number of methoxy groups -OCH3 is 1. The van der Waals surface area contributed by atoms with E-state index < -0.39 is 30.7 Å². The van der Waals surface area contributed by atoms with Crippen LogP contribution in [0, 0.1) is 5.92 Å². The Bertz CT molecular complexity index is 627. The van der Waals surface area contributed by atoms with Crippen molar-refractivity contribution in [2.24, 2.45) is 5.92 Å². The summed E-state index contributed by atoms with van der Waals surface area (Å²) >= 11 is 0. The molecule has 0 radical (unpaired) electrons. The minimum absolute atomic E-state index is 0. The van der Waals surface area contributed by atoms with Crippen molar-refractivity contribution in [2.75, 3.05) is 25.1 Å². The lowest BCUT2D eigenvalue weighted by Gasteiger charge is -2.48. The Morgan fingerprint density at radius 3 is 2.70 bits per heavy atom. The van der Waals surface area contributed by atoms with E-state index >= 15 is 0 Å². The fourth-order valence-electron chi connectivity index (χ4n) is 3.17. The summed E-state index contributed by atoms with van der Waals surface area (Å²) in [6.07, 6.45) is -0.288. The Morgan fingerprint density at radius 2 is 2.13 bits per heavy atom. The summed E-state index contributed by atoms with van der Waals surface area (Å²) in [5.41, 5.74) is -0.736. The maximum Gasteiger partial charge on any atom is 0.332 e. The molecule has 1 N–H and O–H groups in total. The van der Waals surface area contributed by atoms with Crippen LogP contribution in [-0.2, 0) is 14.3 Å². The van der Waals surface area contributed by atoms with Gasteiger partial charge in [0.05, 0.1) is 7.11 Å². The fraction of sp³-hybridized carbons (Fsp3) is 0.529. The molecule has 1 amide bonds. The van der Waals surface area contributed by atoms with E-state index in [4.69, 9.17) is 8.85 Å². The standard InChI is InChI=1S/C17H24N2O3.ClH/c1-4-15(20)19(14-8-6-5-7-9-14)17(16(21)22-3)10-11-18-12-13(17)2;/h5-9,13,18H,4,10-12H2,1-3H3;1H/t13-,17?;/m1./s1/i1D3;. The molecule has 1 aliphatic heterocycles. The Morgan fingerprint density at radius 1 is 1.43 bits per heavy atom. The van der Waals surface area contributed by atoms with E-state index in [1.807, 2.05) is 6.92 Å². The predicted molar refractivity (Wildman–Crippen MR) is 92.9 cm³/mol. The van der Waals surface area contributed by atoms with E-state index in [1.165, 1.54) is 12.0 Å². The second-order valence-corrected chi connectivity index (χ2v) is 5.51. The highest BCUT2D eigenvalue weighted by Crippen LogP contribution is 2.36. The molecule has 0 aliphatic carbocycles. The molecule has 6 heteroatoms. The molecule has 1 saturated heterocycles. The average Bonchev–Trinajstić information content (AvgIpc) is 2.55. The molecule has 1 fully saturated rings. The molecule has 1 aromatic carbocycles. The number of esters is 1. The van der Waals surface area contributed by atoms with Gasteiger partial charge in [0.25, 0.3) is 0 Å². The molecule has 0 bridgehead atoms. The summed E-state index contributed by atoms with van der Waals surface area (Å²) < 4.78 is 27.4. The van der Waals surface area contributed by atoms with Crippen LogP contribution in [0.2, 0.25) is 0 Å². The molecule has 23 heavy (non-hydrogen) atoms. The van der Waals surface area contributed by atoms with Crippen LogP contribution < -0.4 is 10.2 Å². The van der Waals surface area contributed by atoms with Crippen molar-refractivity contribution in [1.29, 1.82) is 0 Å². The van der Waals surface area contributed by atoms with Gasteiger partial charge in [-0.1, -0.05) is 32.0 Å². The number of piperidine rings is 1. The summed E-state index contributed by atoms with van der Waals surface area (Å²) in [7, 11) is 1.29. The summed E-state index contributed by atoms with van der Waals surface area (Å²) in [5.74, 6) is -1.37. The molecule has 0 aromatic heterocycles. The van der Waals surface area contributed by atoms with Crippen LogP contribution in [0.5, 0.6) is 0 Å². The summed E-state index contributed by atoms with van der Waals surface area (Å²) in [6, 6.07) is 8.71. The van der Waals surface area contributed by atoms with Gasteiger partial charge in [0, 0.05) is 28.7 Å². The number of para-hydroxylation sites is 1. The van der Waals surface area contributed by atoms with E-state index in [9.17, 15) is 9.59 Å². The number of carbonyl (C=O) groups excluding carboxylic acids is 2. The van der Waals surface area contributed by atoms with Crippen LogP contribution in [0.3, 0.4) is 0 Å². The molecule has 0 spiro atoms. The van der Waals surface area contributed by atoms with E-state index in [-0.39, 0.29) is 18.3 Å². The normalized spacial score (nSPS) is 26.0. The lowest BCUT2D eigenvalue weighted by molar-refractivity contribution is -0.152. The van der Waals surface area contributed by atoms with Gasteiger partial charge in [-0.05, 0) is 25.1 Å². The van der Waals surface area contributed by atoms with Gasteiger partial charge in [-0.15, -0.1) is 12.4 Å². The third kappa shape index (κ3) is 3.51. The topological polar surface area (TPSA) is 58.6 Å². The van der Waals surface area contributed by atoms with Crippen LogP contribution >= 0.6 is 12.4 Å². The molecular formula is C17H25ClN2O3. The molecule has 0 saturated carbocycles. The van der Waals surface area contributed by atoms with Crippen LogP contribution in [0.4, 0.5) is 5.69 Å². The van der Waals surface area contributed by atoms with E-state index in [1.54, 1.807) is 30.3 Å². The Balaban J connectivity index is 0.00000338. The second-order valence-electron chi connectivity index (χ2n) is 5.51. The minimum Gasteiger partial charge on any atom is -0.467 e. The van der Waals surface area contributed by atoms with Gasteiger partial charge in [0.1, 0.15) is 5.54 Å². The van der Waals surface area contributed by atoms with Gasteiger partial charge in [-0.2, -0.15) is 0 Å². The van der Waals surface area contributed by atoms with E-state index in [0.29, 0.717) is 25.2 Å². The number of halogens is 1. The molecule has 2 rings (SSSR count). The zero-order valence-electron chi connectivity index (χ0n) is 16.4. The number of benzene rings is 1. The maximum absolute atomic E-state index is 13.0.